The summed E-state index contributed by atoms with van der Waals surface area (Å²) in [5.41, 5.74) is 1.35. The Hall–Kier alpha value is -1.97. The molecule has 0 saturated carbocycles. The van der Waals surface area contributed by atoms with Gasteiger partial charge < -0.3 is 14.1 Å². The van der Waals surface area contributed by atoms with Crippen LogP contribution in [-0.2, 0) is 0 Å². The number of furan rings is 1. The van der Waals surface area contributed by atoms with Gasteiger partial charge in [-0.05, 0) is 43.4 Å². The lowest BCUT2D eigenvalue weighted by Gasteiger charge is -2.35. The Kier molecular flexibility index (Phi) is 4.10. The number of rotatable bonds is 3. The third-order valence-corrected chi connectivity index (χ3v) is 4.24. The smallest absolute Gasteiger partial charge is 0.254 e. The molecule has 1 amide bonds. The van der Waals surface area contributed by atoms with E-state index in [0.29, 0.717) is 29.6 Å². The highest BCUT2D eigenvalue weighted by molar-refractivity contribution is 5.99. The normalized spacial score (nSPS) is 22.0. The Morgan fingerprint density at radius 1 is 1.32 bits per heavy atom. The second-order valence-corrected chi connectivity index (χ2v) is 6.40. The number of piperidine rings is 1. The molecule has 2 heterocycles. The zero-order valence-corrected chi connectivity index (χ0v) is 13.5. The van der Waals surface area contributed by atoms with Crippen molar-refractivity contribution in [1.29, 1.82) is 0 Å². The Bertz CT molecular complexity index is 666. The summed E-state index contributed by atoms with van der Waals surface area (Å²) in [5.74, 6) is 1.88. The second kappa shape index (κ2) is 6.03. The van der Waals surface area contributed by atoms with Crippen LogP contribution in [0.3, 0.4) is 0 Å². The summed E-state index contributed by atoms with van der Waals surface area (Å²) in [6, 6.07) is 5.54. The van der Waals surface area contributed by atoms with Crippen LogP contribution in [-0.4, -0.2) is 30.5 Å². The van der Waals surface area contributed by atoms with Crippen LogP contribution < -0.4 is 4.74 Å². The number of benzene rings is 1. The number of hydrogen-bond donors (Lipinski definition) is 0. The average Bonchev–Trinajstić information content (AvgIpc) is 2.94. The summed E-state index contributed by atoms with van der Waals surface area (Å²) < 4.78 is 11.1. The van der Waals surface area contributed by atoms with Crippen LogP contribution in [0.5, 0.6) is 5.75 Å². The number of amides is 1. The second-order valence-electron chi connectivity index (χ2n) is 6.40. The number of likely N-dealkylation sites (tertiary alicyclic amines) is 1. The zero-order valence-electron chi connectivity index (χ0n) is 13.5. The van der Waals surface area contributed by atoms with Crippen molar-refractivity contribution in [2.24, 2.45) is 11.8 Å². The molecule has 1 saturated heterocycles. The van der Waals surface area contributed by atoms with Crippen molar-refractivity contribution in [2.45, 2.75) is 27.2 Å². The van der Waals surface area contributed by atoms with Gasteiger partial charge in [-0.15, -0.1) is 0 Å². The predicted molar refractivity (Wildman–Crippen MR) is 86.2 cm³/mol. The first kappa shape index (κ1) is 14.9. The van der Waals surface area contributed by atoms with Crippen LogP contribution >= 0.6 is 0 Å². The summed E-state index contributed by atoms with van der Waals surface area (Å²) in [4.78, 5) is 14.8. The molecule has 2 unspecified atom stereocenters. The van der Waals surface area contributed by atoms with Gasteiger partial charge in [0.05, 0.1) is 18.3 Å². The molecular weight excluding hydrogens is 278 g/mol. The van der Waals surface area contributed by atoms with Crippen molar-refractivity contribution >= 4 is 16.9 Å². The molecule has 22 heavy (non-hydrogen) atoms. The lowest BCUT2D eigenvalue weighted by Crippen LogP contribution is -2.42. The Morgan fingerprint density at radius 3 is 2.73 bits per heavy atom. The van der Waals surface area contributed by atoms with Gasteiger partial charge in [0.15, 0.2) is 0 Å². The van der Waals surface area contributed by atoms with Gasteiger partial charge in [0.2, 0.25) is 0 Å². The molecule has 0 aliphatic carbocycles. The fourth-order valence-corrected chi connectivity index (χ4v) is 3.45. The van der Waals surface area contributed by atoms with Crippen LogP contribution in [0.1, 0.15) is 37.6 Å². The topological polar surface area (TPSA) is 42.7 Å². The van der Waals surface area contributed by atoms with E-state index in [1.807, 2.05) is 30.0 Å². The molecule has 3 rings (SSSR count). The molecule has 1 aromatic heterocycles. The van der Waals surface area contributed by atoms with Crippen molar-refractivity contribution in [1.82, 2.24) is 4.90 Å². The molecule has 1 aliphatic rings. The first-order chi connectivity index (χ1) is 10.6. The summed E-state index contributed by atoms with van der Waals surface area (Å²) in [5, 5.41) is 0.916. The number of hydrogen-bond acceptors (Lipinski definition) is 3. The van der Waals surface area contributed by atoms with E-state index in [4.69, 9.17) is 9.15 Å². The van der Waals surface area contributed by atoms with Gasteiger partial charge in [-0.25, -0.2) is 0 Å². The van der Waals surface area contributed by atoms with Crippen LogP contribution in [0.15, 0.2) is 28.9 Å². The van der Waals surface area contributed by atoms with Gasteiger partial charge in [-0.2, -0.15) is 0 Å². The molecule has 4 heteroatoms. The van der Waals surface area contributed by atoms with E-state index in [1.165, 1.54) is 6.42 Å². The van der Waals surface area contributed by atoms with E-state index in [1.54, 1.807) is 6.26 Å². The Labute approximate surface area is 131 Å². The first-order valence-electron chi connectivity index (χ1n) is 8.01. The maximum atomic E-state index is 12.8. The fourth-order valence-electron chi connectivity index (χ4n) is 3.45. The standard InChI is InChI=1S/C18H23NO3/c1-4-21-16-8-14(9-17-15(16)5-6-22-17)18(20)19-10-12(2)7-13(3)11-19/h5-6,8-9,12-13H,4,7,10-11H2,1-3H3. The third kappa shape index (κ3) is 2.82. The van der Waals surface area contributed by atoms with Gasteiger partial charge in [0, 0.05) is 18.7 Å². The molecule has 118 valence electrons. The Balaban J connectivity index is 1.93. The monoisotopic (exact) mass is 301 g/mol. The molecular formula is C18H23NO3. The van der Waals surface area contributed by atoms with Crippen LogP contribution in [0.2, 0.25) is 0 Å². The maximum Gasteiger partial charge on any atom is 0.254 e. The average molecular weight is 301 g/mol. The highest BCUT2D eigenvalue weighted by atomic mass is 16.5. The molecule has 0 N–H and O–H groups in total. The molecule has 0 spiro atoms. The maximum absolute atomic E-state index is 12.8. The minimum atomic E-state index is 0.0673. The molecule has 1 aromatic carbocycles. The number of carbonyl (C=O) groups excluding carboxylic acids is 1. The third-order valence-electron chi connectivity index (χ3n) is 4.24. The minimum absolute atomic E-state index is 0.0673. The van der Waals surface area contributed by atoms with Gasteiger partial charge in [0.1, 0.15) is 11.3 Å². The first-order valence-corrected chi connectivity index (χ1v) is 8.01. The fraction of sp³-hybridized carbons (Fsp3) is 0.500. The van der Waals surface area contributed by atoms with E-state index in [2.05, 4.69) is 13.8 Å². The van der Waals surface area contributed by atoms with E-state index >= 15 is 0 Å². The number of carbonyl (C=O) groups is 1. The van der Waals surface area contributed by atoms with Crippen molar-refractivity contribution < 1.29 is 13.9 Å². The van der Waals surface area contributed by atoms with E-state index in [9.17, 15) is 4.79 Å². The van der Waals surface area contributed by atoms with Crippen LogP contribution in [0.25, 0.3) is 11.0 Å². The molecule has 0 bridgehead atoms. The summed E-state index contributed by atoms with van der Waals surface area (Å²) in [7, 11) is 0. The summed E-state index contributed by atoms with van der Waals surface area (Å²) >= 11 is 0. The number of fused-ring (bicyclic) bond motifs is 1. The zero-order chi connectivity index (χ0) is 15.7. The van der Waals surface area contributed by atoms with Crippen LogP contribution in [0.4, 0.5) is 0 Å². The Morgan fingerprint density at radius 2 is 2.05 bits per heavy atom. The number of ether oxygens (including phenoxy) is 1. The van der Waals surface area contributed by atoms with Crippen molar-refractivity contribution in [3.8, 4) is 5.75 Å². The van der Waals surface area contributed by atoms with E-state index < -0.39 is 0 Å². The lowest BCUT2D eigenvalue weighted by molar-refractivity contribution is 0.0623. The molecule has 1 fully saturated rings. The highest BCUT2D eigenvalue weighted by Gasteiger charge is 2.27. The van der Waals surface area contributed by atoms with Crippen molar-refractivity contribution in [3.05, 3.63) is 30.0 Å². The molecule has 0 radical (unpaired) electrons. The molecule has 1 aliphatic heterocycles. The minimum Gasteiger partial charge on any atom is -0.493 e. The SMILES string of the molecule is CCOc1cc(C(=O)N2CC(C)CC(C)C2)cc2occc12. The van der Waals surface area contributed by atoms with E-state index in [-0.39, 0.29) is 5.91 Å². The predicted octanol–water partition coefficient (Wildman–Crippen LogP) is 3.95. The van der Waals surface area contributed by atoms with Gasteiger partial charge in [-0.3, -0.25) is 4.79 Å². The molecule has 4 nitrogen and oxygen atoms in total. The van der Waals surface area contributed by atoms with Crippen molar-refractivity contribution in [2.75, 3.05) is 19.7 Å². The van der Waals surface area contributed by atoms with Crippen LogP contribution in [0, 0.1) is 11.8 Å². The largest absolute Gasteiger partial charge is 0.493 e. The van der Waals surface area contributed by atoms with Gasteiger partial charge in [0.25, 0.3) is 5.91 Å². The summed E-state index contributed by atoms with van der Waals surface area (Å²) in [6.07, 6.45) is 2.82. The lowest BCUT2D eigenvalue weighted by atomic mass is 9.91. The summed E-state index contributed by atoms with van der Waals surface area (Å²) in [6.45, 7) is 8.56. The van der Waals surface area contributed by atoms with Crippen molar-refractivity contribution in [3.63, 3.8) is 0 Å². The van der Waals surface area contributed by atoms with Gasteiger partial charge in [-0.1, -0.05) is 13.8 Å². The molecule has 2 atom stereocenters. The highest BCUT2D eigenvalue weighted by Crippen LogP contribution is 2.30. The quantitative estimate of drug-likeness (QED) is 0.862. The van der Waals surface area contributed by atoms with Gasteiger partial charge >= 0.3 is 0 Å². The number of nitrogens with zero attached hydrogens (tertiary/aromatic N) is 1. The molecule has 2 aromatic rings. The van der Waals surface area contributed by atoms with E-state index in [0.717, 1.165) is 24.2 Å².